The van der Waals surface area contributed by atoms with Gasteiger partial charge in [0, 0.05) is 24.4 Å². The second kappa shape index (κ2) is 9.40. The first-order chi connectivity index (χ1) is 17.2. The Kier molecular flexibility index (Phi) is 6.56. The molecule has 194 valence electrons. The van der Waals surface area contributed by atoms with Crippen molar-refractivity contribution in [2.24, 2.45) is 33.7 Å². The highest BCUT2D eigenvalue weighted by atomic mass is 16.6. The lowest BCUT2D eigenvalue weighted by molar-refractivity contribution is -0.159. The monoisotopic (exact) mass is 493 g/mol. The third-order valence-corrected chi connectivity index (χ3v) is 10.3. The number of nitrogens with one attached hydrogen (secondary N) is 1. The van der Waals surface area contributed by atoms with Gasteiger partial charge in [0.15, 0.2) is 12.4 Å². The Morgan fingerprint density at radius 2 is 1.86 bits per heavy atom. The highest BCUT2D eigenvalue weighted by Gasteiger charge is 2.65. The quantitative estimate of drug-likeness (QED) is 0.574. The number of hydrogen-bond donors (Lipinski definition) is 2. The summed E-state index contributed by atoms with van der Waals surface area (Å²) in [5, 5.41) is 18.5. The lowest BCUT2D eigenvalue weighted by atomic mass is 9.46. The summed E-state index contributed by atoms with van der Waals surface area (Å²) < 4.78 is 0. The van der Waals surface area contributed by atoms with E-state index in [4.69, 9.17) is 4.84 Å². The molecule has 5 rings (SSSR count). The summed E-state index contributed by atoms with van der Waals surface area (Å²) in [6.07, 6.45) is 13.1. The average Bonchev–Trinajstić information content (AvgIpc) is 3.15. The second-order valence-corrected chi connectivity index (χ2v) is 11.9. The summed E-state index contributed by atoms with van der Waals surface area (Å²) in [4.78, 5) is 34.0. The largest absolute Gasteiger partial charge is 0.385 e. The Morgan fingerprint density at radius 3 is 2.61 bits per heavy atom. The second-order valence-electron chi connectivity index (χ2n) is 11.9. The molecule has 0 spiro atoms. The smallest absolute Gasteiger partial charge is 0.261 e. The van der Waals surface area contributed by atoms with Crippen LogP contribution in [0, 0.1) is 28.6 Å². The summed E-state index contributed by atoms with van der Waals surface area (Å²) in [5.74, 6) is 1.28. The Balaban J connectivity index is 1.22. The van der Waals surface area contributed by atoms with Crippen LogP contribution in [0.15, 0.2) is 41.3 Å². The standard InChI is InChI=1S/C29H39N3O4/c1-19(33)29(35)13-8-25-23-5-4-21-16-22(6-11-27(21,2)24(23)7-12-28(25,29)3)32-36-18-26(34)31-17-20-9-14-30-15-10-20/h9-10,14-16,23-25,35H,4-8,11-13,17-18H2,1-3H3,(H,31,34)/b32-22-/t23?,24?,25?,27-,28-,29-/m0/s1. The normalized spacial score (nSPS) is 38.4. The van der Waals surface area contributed by atoms with E-state index in [0.717, 1.165) is 56.2 Å². The summed E-state index contributed by atoms with van der Waals surface area (Å²) >= 11 is 0. The van der Waals surface area contributed by atoms with Crippen molar-refractivity contribution in [3.63, 3.8) is 0 Å². The predicted octanol–water partition coefficient (Wildman–Crippen LogP) is 4.35. The Morgan fingerprint density at radius 1 is 1.11 bits per heavy atom. The third-order valence-electron chi connectivity index (χ3n) is 10.3. The first-order valence-electron chi connectivity index (χ1n) is 13.5. The van der Waals surface area contributed by atoms with Gasteiger partial charge in [-0.2, -0.15) is 0 Å². The molecule has 1 aromatic rings. The van der Waals surface area contributed by atoms with E-state index in [1.165, 1.54) is 5.57 Å². The van der Waals surface area contributed by atoms with E-state index < -0.39 is 5.60 Å². The Hall–Kier alpha value is -2.54. The van der Waals surface area contributed by atoms with E-state index in [1.807, 2.05) is 12.1 Å². The van der Waals surface area contributed by atoms with Crippen LogP contribution in [0.2, 0.25) is 0 Å². The fourth-order valence-corrected chi connectivity index (χ4v) is 8.16. The number of aliphatic hydroxyl groups is 1. The number of allylic oxidation sites excluding steroid dienone is 2. The summed E-state index contributed by atoms with van der Waals surface area (Å²) in [7, 11) is 0. The van der Waals surface area contributed by atoms with Gasteiger partial charge in [-0.3, -0.25) is 14.6 Å². The van der Waals surface area contributed by atoms with Gasteiger partial charge in [-0.1, -0.05) is 24.6 Å². The molecule has 1 amide bonds. The number of fused-ring (bicyclic) bond motifs is 5. The van der Waals surface area contributed by atoms with Crippen molar-refractivity contribution < 1.29 is 19.5 Å². The number of hydrogen-bond acceptors (Lipinski definition) is 6. The minimum Gasteiger partial charge on any atom is -0.385 e. The van der Waals surface area contributed by atoms with Crippen LogP contribution in [0.1, 0.15) is 77.7 Å². The average molecular weight is 494 g/mol. The topological polar surface area (TPSA) is 101 Å². The molecule has 0 aliphatic heterocycles. The number of rotatable bonds is 6. The molecule has 1 heterocycles. The van der Waals surface area contributed by atoms with Gasteiger partial charge in [-0.05, 0) is 105 Å². The number of amides is 1. The number of Topliss-reactive ketones (excluding diaryl/α,β-unsaturated/α-hetero) is 1. The lowest BCUT2D eigenvalue weighted by Crippen LogP contribution is -2.57. The molecule has 1 aromatic heterocycles. The van der Waals surface area contributed by atoms with Gasteiger partial charge in [0.05, 0.1) is 5.71 Å². The van der Waals surface area contributed by atoms with Crippen LogP contribution >= 0.6 is 0 Å². The van der Waals surface area contributed by atoms with Gasteiger partial charge in [0.2, 0.25) is 0 Å². The molecule has 0 aromatic carbocycles. The predicted molar refractivity (Wildman–Crippen MR) is 137 cm³/mol. The summed E-state index contributed by atoms with van der Waals surface area (Å²) in [6.45, 7) is 6.49. The first kappa shape index (κ1) is 25.1. The van der Waals surface area contributed by atoms with E-state index >= 15 is 0 Å². The molecular weight excluding hydrogens is 454 g/mol. The highest BCUT2D eigenvalue weighted by molar-refractivity contribution is 5.96. The molecule has 0 saturated heterocycles. The molecule has 6 atom stereocenters. The minimum absolute atomic E-state index is 0.0573. The molecule has 2 N–H and O–H groups in total. The van der Waals surface area contributed by atoms with E-state index in [2.05, 4.69) is 35.4 Å². The molecule has 36 heavy (non-hydrogen) atoms. The minimum atomic E-state index is -1.16. The maximum absolute atomic E-state index is 12.4. The van der Waals surface area contributed by atoms with Crippen LogP contribution in [0.25, 0.3) is 0 Å². The van der Waals surface area contributed by atoms with Crippen LogP contribution in [-0.2, 0) is 21.0 Å². The number of carbonyl (C=O) groups excluding carboxylic acids is 2. The fraction of sp³-hybridized carbons (Fsp3) is 0.655. The van der Waals surface area contributed by atoms with Crippen molar-refractivity contribution in [1.29, 1.82) is 0 Å². The maximum Gasteiger partial charge on any atom is 0.261 e. The van der Waals surface area contributed by atoms with Crippen LogP contribution in [-0.4, -0.2) is 39.7 Å². The van der Waals surface area contributed by atoms with Gasteiger partial charge in [0.1, 0.15) is 5.60 Å². The number of carbonyl (C=O) groups is 2. The number of nitrogens with zero attached hydrogens (tertiary/aromatic N) is 2. The molecule has 4 aliphatic rings. The summed E-state index contributed by atoms with van der Waals surface area (Å²) in [6, 6.07) is 3.73. The molecule has 3 saturated carbocycles. The SMILES string of the molecule is CC(=O)[C@@]1(O)CCC2C3CCC4=C/C(=N\OCC(=O)NCc5ccncc5)CC[C@]4(C)C3CC[C@@]21C. The Bertz CT molecular complexity index is 1090. The number of aromatic nitrogens is 1. The third kappa shape index (κ3) is 4.09. The molecule has 0 bridgehead atoms. The number of pyridine rings is 1. The van der Waals surface area contributed by atoms with Crippen molar-refractivity contribution in [3.05, 3.63) is 41.7 Å². The van der Waals surface area contributed by atoms with Crippen molar-refractivity contribution >= 4 is 17.4 Å². The lowest BCUT2D eigenvalue weighted by Gasteiger charge is -2.59. The van der Waals surface area contributed by atoms with Crippen LogP contribution in [0.5, 0.6) is 0 Å². The zero-order chi connectivity index (χ0) is 25.6. The van der Waals surface area contributed by atoms with Gasteiger partial charge in [-0.25, -0.2) is 0 Å². The zero-order valence-electron chi connectivity index (χ0n) is 21.8. The summed E-state index contributed by atoms with van der Waals surface area (Å²) in [5.41, 5.74) is 2.02. The van der Waals surface area contributed by atoms with Gasteiger partial charge in [0.25, 0.3) is 5.91 Å². The molecule has 3 fully saturated rings. The molecular formula is C29H39N3O4. The van der Waals surface area contributed by atoms with Crippen LogP contribution in [0.3, 0.4) is 0 Å². The maximum atomic E-state index is 12.4. The van der Waals surface area contributed by atoms with E-state index in [1.54, 1.807) is 19.3 Å². The fourth-order valence-electron chi connectivity index (χ4n) is 8.16. The van der Waals surface area contributed by atoms with E-state index in [9.17, 15) is 14.7 Å². The molecule has 3 unspecified atom stereocenters. The van der Waals surface area contributed by atoms with E-state index in [0.29, 0.717) is 30.7 Å². The van der Waals surface area contributed by atoms with Gasteiger partial charge < -0.3 is 15.3 Å². The van der Waals surface area contributed by atoms with Crippen molar-refractivity contribution in [1.82, 2.24) is 10.3 Å². The molecule has 7 heteroatoms. The number of oxime groups is 1. The number of ketones is 1. The van der Waals surface area contributed by atoms with Crippen LogP contribution in [0.4, 0.5) is 0 Å². The highest BCUT2D eigenvalue weighted by Crippen LogP contribution is 2.67. The molecule has 7 nitrogen and oxygen atoms in total. The van der Waals surface area contributed by atoms with Crippen LogP contribution < -0.4 is 5.32 Å². The molecule has 0 radical (unpaired) electrons. The van der Waals surface area contributed by atoms with Gasteiger partial charge >= 0.3 is 0 Å². The Labute approximate surface area is 213 Å². The van der Waals surface area contributed by atoms with Gasteiger partial charge in [-0.15, -0.1) is 0 Å². The van der Waals surface area contributed by atoms with Crippen molar-refractivity contribution in [3.8, 4) is 0 Å². The van der Waals surface area contributed by atoms with E-state index in [-0.39, 0.29) is 29.1 Å². The van der Waals surface area contributed by atoms with Crippen molar-refractivity contribution in [2.45, 2.75) is 84.3 Å². The first-order valence-corrected chi connectivity index (χ1v) is 13.5. The molecule has 4 aliphatic carbocycles. The zero-order valence-corrected chi connectivity index (χ0v) is 21.8. The van der Waals surface area contributed by atoms with Crippen molar-refractivity contribution in [2.75, 3.05) is 6.61 Å².